The Kier molecular flexibility index (Phi) is 5.79. The number of aliphatic hydroxyl groups is 1. The molecule has 1 N–H and O–H groups in total. The van der Waals surface area contributed by atoms with E-state index in [1.807, 2.05) is 42.5 Å². The maximum Gasteiger partial charge on any atom is 0.178 e. The van der Waals surface area contributed by atoms with Gasteiger partial charge in [0.2, 0.25) is 0 Å². The molecule has 2 unspecified atom stereocenters. The zero-order valence-corrected chi connectivity index (χ0v) is 14.8. The predicted molar refractivity (Wildman–Crippen MR) is 99.3 cm³/mol. The molecule has 2 aromatic carbocycles. The molecule has 5 heteroatoms. The van der Waals surface area contributed by atoms with E-state index in [4.69, 9.17) is 9.47 Å². The minimum Gasteiger partial charge on any atom is -0.497 e. The van der Waals surface area contributed by atoms with Crippen LogP contribution < -0.4 is 14.4 Å². The van der Waals surface area contributed by atoms with Gasteiger partial charge in [-0.25, -0.2) is 0 Å². The number of rotatable bonds is 6. The van der Waals surface area contributed by atoms with Gasteiger partial charge in [0.1, 0.15) is 17.6 Å². The van der Waals surface area contributed by atoms with Crippen molar-refractivity contribution in [2.45, 2.75) is 19.3 Å². The maximum atomic E-state index is 10.2. The Balaban J connectivity index is 1.63. The fraction of sp³-hybridized carbons (Fsp3) is 0.400. The van der Waals surface area contributed by atoms with E-state index in [2.05, 4.69) is 21.9 Å². The number of para-hydroxylation sites is 1. The zero-order chi connectivity index (χ0) is 17.6. The first-order chi connectivity index (χ1) is 12.2. The fourth-order valence-electron chi connectivity index (χ4n) is 3.16. The normalized spacial score (nSPS) is 17.8. The summed E-state index contributed by atoms with van der Waals surface area (Å²) in [6.07, 6.45) is -0.904. The summed E-state index contributed by atoms with van der Waals surface area (Å²) in [4.78, 5) is 4.54. The highest BCUT2D eigenvalue weighted by Crippen LogP contribution is 2.23. The van der Waals surface area contributed by atoms with Gasteiger partial charge in [-0.3, -0.25) is 4.90 Å². The second-order valence-corrected chi connectivity index (χ2v) is 6.29. The van der Waals surface area contributed by atoms with E-state index in [0.29, 0.717) is 0 Å². The van der Waals surface area contributed by atoms with Gasteiger partial charge in [-0.15, -0.1) is 0 Å². The standard InChI is InChI=1S/C20H26N2O3/c1-16(23)20(25-18-8-4-3-5-9-18)22-13-11-21(12-14-22)17-7-6-10-19(15-17)24-2/h3-10,15-16,20,23H,11-14H2,1-2H3. The number of hydrogen-bond donors (Lipinski definition) is 1. The van der Waals surface area contributed by atoms with E-state index in [1.165, 1.54) is 0 Å². The van der Waals surface area contributed by atoms with E-state index in [1.54, 1.807) is 14.0 Å². The number of hydrogen-bond acceptors (Lipinski definition) is 5. The lowest BCUT2D eigenvalue weighted by Crippen LogP contribution is -2.55. The first kappa shape index (κ1) is 17.6. The van der Waals surface area contributed by atoms with Crippen LogP contribution in [0.5, 0.6) is 11.5 Å². The number of benzene rings is 2. The molecule has 0 radical (unpaired) electrons. The van der Waals surface area contributed by atoms with Crippen molar-refractivity contribution in [3.63, 3.8) is 0 Å². The van der Waals surface area contributed by atoms with Gasteiger partial charge in [-0.1, -0.05) is 24.3 Å². The van der Waals surface area contributed by atoms with Crippen LogP contribution in [-0.2, 0) is 0 Å². The monoisotopic (exact) mass is 342 g/mol. The minimum absolute atomic E-state index is 0.338. The van der Waals surface area contributed by atoms with Crippen molar-refractivity contribution in [3.8, 4) is 11.5 Å². The highest BCUT2D eigenvalue weighted by Gasteiger charge is 2.28. The maximum absolute atomic E-state index is 10.2. The first-order valence-electron chi connectivity index (χ1n) is 8.70. The van der Waals surface area contributed by atoms with Gasteiger partial charge >= 0.3 is 0 Å². The molecule has 0 aliphatic carbocycles. The number of piperazine rings is 1. The summed E-state index contributed by atoms with van der Waals surface area (Å²) >= 11 is 0. The number of nitrogens with zero attached hydrogens (tertiary/aromatic N) is 2. The summed E-state index contributed by atoms with van der Waals surface area (Å²) in [6, 6.07) is 17.8. The molecule has 1 aliphatic rings. The molecule has 134 valence electrons. The third-order valence-electron chi connectivity index (χ3n) is 4.51. The van der Waals surface area contributed by atoms with Crippen LogP contribution in [0.1, 0.15) is 6.92 Å². The average Bonchev–Trinajstić information content (AvgIpc) is 2.67. The third-order valence-corrected chi connectivity index (χ3v) is 4.51. The molecule has 1 heterocycles. The number of ether oxygens (including phenoxy) is 2. The molecule has 0 bridgehead atoms. The van der Waals surface area contributed by atoms with E-state index in [-0.39, 0.29) is 6.23 Å². The Morgan fingerprint density at radius 1 is 0.920 bits per heavy atom. The molecule has 1 saturated heterocycles. The van der Waals surface area contributed by atoms with Crippen LogP contribution >= 0.6 is 0 Å². The SMILES string of the molecule is COc1cccc(N2CCN(C(Oc3ccccc3)C(C)O)CC2)c1. The Morgan fingerprint density at radius 3 is 2.24 bits per heavy atom. The molecule has 1 aliphatic heterocycles. The summed E-state index contributed by atoms with van der Waals surface area (Å²) < 4.78 is 11.3. The van der Waals surface area contributed by atoms with Gasteiger partial charge < -0.3 is 19.5 Å². The van der Waals surface area contributed by atoms with Crippen molar-refractivity contribution in [2.75, 3.05) is 38.2 Å². The molecule has 0 spiro atoms. The zero-order valence-electron chi connectivity index (χ0n) is 14.8. The van der Waals surface area contributed by atoms with Crippen molar-refractivity contribution in [1.29, 1.82) is 0 Å². The summed E-state index contributed by atoms with van der Waals surface area (Å²) in [6.45, 7) is 5.21. The first-order valence-corrected chi connectivity index (χ1v) is 8.70. The molecule has 3 rings (SSSR count). The number of methoxy groups -OCH3 is 1. The van der Waals surface area contributed by atoms with Crippen LogP contribution in [0.15, 0.2) is 54.6 Å². The van der Waals surface area contributed by atoms with Gasteiger partial charge in [-0.05, 0) is 31.2 Å². The summed E-state index contributed by atoms with van der Waals surface area (Å²) in [7, 11) is 1.69. The summed E-state index contributed by atoms with van der Waals surface area (Å²) in [5.74, 6) is 1.65. The van der Waals surface area contributed by atoms with E-state index in [9.17, 15) is 5.11 Å². The number of anilines is 1. The van der Waals surface area contributed by atoms with Crippen molar-refractivity contribution >= 4 is 5.69 Å². The molecule has 5 nitrogen and oxygen atoms in total. The Hall–Kier alpha value is -2.24. The van der Waals surface area contributed by atoms with Gasteiger partial charge in [0.15, 0.2) is 6.23 Å². The van der Waals surface area contributed by atoms with Gasteiger partial charge in [0.25, 0.3) is 0 Å². The number of aliphatic hydroxyl groups excluding tert-OH is 1. The van der Waals surface area contributed by atoms with Crippen LogP contribution in [0, 0.1) is 0 Å². The highest BCUT2D eigenvalue weighted by atomic mass is 16.5. The second-order valence-electron chi connectivity index (χ2n) is 6.29. The van der Waals surface area contributed by atoms with Crippen LogP contribution in [0.3, 0.4) is 0 Å². The molecular formula is C20H26N2O3. The largest absolute Gasteiger partial charge is 0.497 e. The molecule has 25 heavy (non-hydrogen) atoms. The Labute approximate surface area is 149 Å². The lowest BCUT2D eigenvalue weighted by Gasteiger charge is -2.40. The molecular weight excluding hydrogens is 316 g/mol. The molecule has 0 amide bonds. The molecule has 0 aromatic heterocycles. The molecule has 1 fully saturated rings. The second kappa shape index (κ2) is 8.23. The van der Waals surface area contributed by atoms with Crippen LogP contribution in [0.25, 0.3) is 0 Å². The van der Waals surface area contributed by atoms with Crippen molar-refractivity contribution in [1.82, 2.24) is 4.90 Å². The van der Waals surface area contributed by atoms with Crippen LogP contribution in [0.4, 0.5) is 5.69 Å². The molecule has 0 saturated carbocycles. The summed E-state index contributed by atoms with van der Waals surface area (Å²) in [5, 5.41) is 10.2. The smallest absolute Gasteiger partial charge is 0.178 e. The topological polar surface area (TPSA) is 45.2 Å². The third kappa shape index (κ3) is 4.44. The molecule has 2 atom stereocenters. The Morgan fingerprint density at radius 2 is 1.60 bits per heavy atom. The van der Waals surface area contributed by atoms with E-state index < -0.39 is 6.10 Å². The van der Waals surface area contributed by atoms with Crippen LogP contribution in [-0.4, -0.2) is 55.6 Å². The van der Waals surface area contributed by atoms with E-state index >= 15 is 0 Å². The van der Waals surface area contributed by atoms with Gasteiger partial charge in [-0.2, -0.15) is 0 Å². The Bertz CT molecular complexity index is 655. The average molecular weight is 342 g/mol. The quantitative estimate of drug-likeness (QED) is 0.874. The summed E-state index contributed by atoms with van der Waals surface area (Å²) in [5.41, 5.74) is 1.16. The van der Waals surface area contributed by atoms with Crippen molar-refractivity contribution in [3.05, 3.63) is 54.6 Å². The lowest BCUT2D eigenvalue weighted by atomic mass is 10.2. The molecule has 2 aromatic rings. The van der Waals surface area contributed by atoms with Gasteiger partial charge in [0.05, 0.1) is 7.11 Å². The van der Waals surface area contributed by atoms with Crippen LogP contribution in [0.2, 0.25) is 0 Å². The fourth-order valence-corrected chi connectivity index (χ4v) is 3.16. The predicted octanol–water partition coefficient (Wildman–Crippen LogP) is 2.60. The van der Waals surface area contributed by atoms with Crippen molar-refractivity contribution in [2.24, 2.45) is 0 Å². The highest BCUT2D eigenvalue weighted by molar-refractivity contribution is 5.51. The lowest BCUT2D eigenvalue weighted by molar-refractivity contribution is -0.0601. The van der Waals surface area contributed by atoms with E-state index in [0.717, 1.165) is 43.4 Å². The minimum atomic E-state index is -0.566. The van der Waals surface area contributed by atoms with Crippen molar-refractivity contribution < 1.29 is 14.6 Å². The van der Waals surface area contributed by atoms with Gasteiger partial charge in [0, 0.05) is 37.9 Å².